The molecule has 0 radical (unpaired) electrons. The molecule has 1 aliphatic rings. The molecule has 0 saturated carbocycles. The largest absolute Gasteiger partial charge is 0.303 e. The molecule has 0 aromatic heterocycles. The first-order valence-corrected chi connectivity index (χ1v) is 7.97. The van der Waals surface area contributed by atoms with Crippen molar-refractivity contribution in [3.8, 4) is 0 Å². The molecule has 0 bridgehead atoms. The summed E-state index contributed by atoms with van der Waals surface area (Å²) in [6.07, 6.45) is 2.50. The van der Waals surface area contributed by atoms with Gasteiger partial charge in [0.15, 0.2) is 5.17 Å². The van der Waals surface area contributed by atoms with E-state index in [0.717, 1.165) is 12.0 Å². The molecule has 1 N–H and O–H groups in total. The predicted molar refractivity (Wildman–Crippen MR) is 90.0 cm³/mol. The molecule has 1 aromatic rings. The summed E-state index contributed by atoms with van der Waals surface area (Å²) in [6, 6.07) is 8.26. The average molecular weight is 303 g/mol. The van der Waals surface area contributed by atoms with Crippen LogP contribution in [0.5, 0.6) is 0 Å². The maximum atomic E-state index is 11.5. The molecule has 1 atom stereocenters. The lowest BCUT2D eigenvalue weighted by molar-refractivity contribution is -0.118. The Labute approximate surface area is 130 Å². The Morgan fingerprint density at radius 2 is 1.95 bits per heavy atom. The number of amides is 1. The monoisotopic (exact) mass is 303 g/mol. The lowest BCUT2D eigenvalue weighted by Crippen LogP contribution is -2.24. The van der Waals surface area contributed by atoms with Crippen LogP contribution in [0.1, 0.15) is 45.2 Å². The van der Waals surface area contributed by atoms with Crippen LogP contribution in [0.15, 0.2) is 34.5 Å². The summed E-state index contributed by atoms with van der Waals surface area (Å²) < 4.78 is 0. The van der Waals surface area contributed by atoms with Crippen LogP contribution in [0.4, 0.5) is 0 Å². The van der Waals surface area contributed by atoms with Crippen LogP contribution < -0.4 is 5.32 Å². The highest BCUT2D eigenvalue weighted by Crippen LogP contribution is 2.22. The highest BCUT2D eigenvalue weighted by atomic mass is 32.2. The Hall–Kier alpha value is -1.62. The summed E-state index contributed by atoms with van der Waals surface area (Å²) in [4.78, 5) is 11.5. The van der Waals surface area contributed by atoms with Gasteiger partial charge >= 0.3 is 0 Å². The van der Waals surface area contributed by atoms with Gasteiger partial charge < -0.3 is 5.32 Å². The van der Waals surface area contributed by atoms with Crippen molar-refractivity contribution < 1.29 is 4.79 Å². The van der Waals surface area contributed by atoms with Gasteiger partial charge in [0.25, 0.3) is 0 Å². The maximum absolute atomic E-state index is 11.5. The summed E-state index contributed by atoms with van der Waals surface area (Å²) in [7, 11) is 0. The van der Waals surface area contributed by atoms with Gasteiger partial charge in [-0.05, 0) is 23.0 Å². The van der Waals surface area contributed by atoms with E-state index in [1.165, 1.54) is 17.3 Å². The molecule has 0 aliphatic carbocycles. The quantitative estimate of drug-likeness (QED) is 0.688. The zero-order valence-electron chi connectivity index (χ0n) is 12.9. The highest BCUT2D eigenvalue weighted by Gasteiger charge is 2.28. The van der Waals surface area contributed by atoms with E-state index in [1.807, 2.05) is 19.1 Å². The van der Waals surface area contributed by atoms with Crippen LogP contribution in [0.2, 0.25) is 0 Å². The fourth-order valence-corrected chi connectivity index (χ4v) is 2.79. The van der Waals surface area contributed by atoms with Crippen molar-refractivity contribution in [3.05, 3.63) is 35.4 Å². The number of carbonyl (C=O) groups excluding carboxylic acids is 1. The lowest BCUT2D eigenvalue weighted by atomic mass is 9.87. The van der Waals surface area contributed by atoms with Gasteiger partial charge in [-0.25, -0.2) is 0 Å². The van der Waals surface area contributed by atoms with Crippen LogP contribution in [0, 0.1) is 0 Å². The number of benzene rings is 1. The van der Waals surface area contributed by atoms with Crippen LogP contribution in [-0.4, -0.2) is 22.5 Å². The van der Waals surface area contributed by atoms with Crippen LogP contribution in [0.25, 0.3) is 0 Å². The topological polar surface area (TPSA) is 53.8 Å². The van der Waals surface area contributed by atoms with Crippen molar-refractivity contribution in [2.45, 2.75) is 44.8 Å². The molecule has 1 saturated heterocycles. The zero-order chi connectivity index (χ0) is 15.5. The Balaban J connectivity index is 2.01. The van der Waals surface area contributed by atoms with Gasteiger partial charge in [-0.3, -0.25) is 4.79 Å². The number of carbonyl (C=O) groups is 1. The molecule has 1 aromatic carbocycles. The molecule has 0 spiro atoms. The molecule has 0 unspecified atom stereocenters. The number of rotatable bonds is 3. The Bertz CT molecular complexity index is 570. The van der Waals surface area contributed by atoms with Crippen molar-refractivity contribution >= 4 is 29.1 Å². The molecule has 112 valence electrons. The summed E-state index contributed by atoms with van der Waals surface area (Å²) >= 11 is 1.44. The summed E-state index contributed by atoms with van der Waals surface area (Å²) in [5.74, 6) is 0.0194. The average Bonchev–Trinajstić information content (AvgIpc) is 2.79. The van der Waals surface area contributed by atoms with Gasteiger partial charge in [-0.1, -0.05) is 63.7 Å². The fourth-order valence-electron chi connectivity index (χ4n) is 1.94. The van der Waals surface area contributed by atoms with E-state index in [0.29, 0.717) is 5.17 Å². The van der Waals surface area contributed by atoms with E-state index in [1.54, 1.807) is 6.21 Å². The minimum atomic E-state index is -0.0370. The second kappa shape index (κ2) is 6.43. The number of amidine groups is 1. The third kappa shape index (κ3) is 4.17. The number of thioether (sulfide) groups is 1. The van der Waals surface area contributed by atoms with Crippen molar-refractivity contribution in [2.75, 3.05) is 0 Å². The van der Waals surface area contributed by atoms with E-state index in [4.69, 9.17) is 0 Å². The fraction of sp³-hybridized carbons (Fsp3) is 0.438. The van der Waals surface area contributed by atoms with Gasteiger partial charge in [0.2, 0.25) is 5.91 Å². The number of hydrogen-bond donors (Lipinski definition) is 1. The standard InChI is InChI=1S/C16H21N3OS/c1-5-13-14(20)18-15(21-13)19-17-10-11-6-8-12(9-7-11)16(2,3)4/h6-10,13H,5H2,1-4H3,(H,18,19,20)/b17-10+/t13-/m0/s1. The predicted octanol–water partition coefficient (Wildman–Crippen LogP) is 3.32. The smallest absolute Gasteiger partial charge is 0.239 e. The second-order valence-corrected chi connectivity index (χ2v) is 7.22. The van der Waals surface area contributed by atoms with E-state index >= 15 is 0 Å². The van der Waals surface area contributed by atoms with Gasteiger partial charge in [-0.15, -0.1) is 5.10 Å². The molecule has 1 aliphatic heterocycles. The molecule has 1 amide bonds. The van der Waals surface area contributed by atoms with Gasteiger partial charge in [0, 0.05) is 0 Å². The minimum Gasteiger partial charge on any atom is -0.303 e. The maximum Gasteiger partial charge on any atom is 0.239 e. The summed E-state index contributed by atoms with van der Waals surface area (Å²) in [6.45, 7) is 8.55. The van der Waals surface area contributed by atoms with Crippen molar-refractivity contribution in [3.63, 3.8) is 0 Å². The number of nitrogens with zero attached hydrogens (tertiary/aromatic N) is 2. The third-order valence-corrected chi connectivity index (χ3v) is 4.52. The lowest BCUT2D eigenvalue weighted by Gasteiger charge is -2.18. The van der Waals surface area contributed by atoms with E-state index in [-0.39, 0.29) is 16.6 Å². The number of nitrogens with one attached hydrogen (secondary N) is 1. The highest BCUT2D eigenvalue weighted by molar-refractivity contribution is 8.15. The summed E-state index contributed by atoms with van der Waals surface area (Å²) in [5, 5.41) is 11.4. The van der Waals surface area contributed by atoms with Crippen molar-refractivity contribution in [2.24, 2.45) is 10.2 Å². The van der Waals surface area contributed by atoms with Gasteiger partial charge in [-0.2, -0.15) is 5.10 Å². The molecule has 5 heteroatoms. The first-order valence-electron chi connectivity index (χ1n) is 7.09. The molecule has 2 rings (SSSR count). The van der Waals surface area contributed by atoms with Gasteiger partial charge in [0.1, 0.15) is 0 Å². The SMILES string of the molecule is CC[C@@H]1S/C(=N\N=C\c2ccc(C(C)(C)C)cc2)NC1=O. The van der Waals surface area contributed by atoms with Crippen LogP contribution >= 0.6 is 11.8 Å². The zero-order valence-corrected chi connectivity index (χ0v) is 13.7. The minimum absolute atomic E-state index is 0.0194. The van der Waals surface area contributed by atoms with Crippen LogP contribution in [-0.2, 0) is 10.2 Å². The first-order chi connectivity index (χ1) is 9.90. The van der Waals surface area contributed by atoms with Crippen molar-refractivity contribution in [1.29, 1.82) is 0 Å². The molecule has 1 heterocycles. The molecular formula is C16H21N3OS. The Morgan fingerprint density at radius 3 is 2.48 bits per heavy atom. The van der Waals surface area contributed by atoms with Crippen molar-refractivity contribution in [1.82, 2.24) is 5.32 Å². The van der Waals surface area contributed by atoms with E-state index < -0.39 is 0 Å². The normalized spacial score (nSPS) is 21.2. The Kier molecular flexibility index (Phi) is 4.83. The van der Waals surface area contributed by atoms with Crippen LogP contribution in [0.3, 0.4) is 0 Å². The molecule has 1 fully saturated rings. The summed E-state index contributed by atoms with van der Waals surface area (Å²) in [5.41, 5.74) is 2.43. The third-order valence-electron chi connectivity index (χ3n) is 3.28. The van der Waals surface area contributed by atoms with E-state index in [9.17, 15) is 4.79 Å². The molecule has 21 heavy (non-hydrogen) atoms. The van der Waals surface area contributed by atoms with Gasteiger partial charge in [0.05, 0.1) is 11.5 Å². The van der Waals surface area contributed by atoms with E-state index in [2.05, 4.69) is 48.4 Å². The first kappa shape index (κ1) is 15.8. The second-order valence-electron chi connectivity index (χ2n) is 6.03. The Morgan fingerprint density at radius 1 is 1.29 bits per heavy atom. The number of hydrogen-bond acceptors (Lipinski definition) is 4. The molecular weight excluding hydrogens is 282 g/mol. The molecule has 4 nitrogen and oxygen atoms in total.